The number of aryl methyl sites for hydroxylation is 2. The second kappa shape index (κ2) is 55.6. The maximum Gasteiger partial charge on any atom is 1.00 e. The number of nitrogens with zero attached hydrogens (tertiary/aromatic N) is 9. The van der Waals surface area contributed by atoms with E-state index in [1.807, 2.05) is 23.6 Å². The minimum Gasteiger partial charge on any atom is -0.793 e. The molecule has 4 aromatic carbocycles. The Morgan fingerprint density at radius 1 is 0.507 bits per heavy atom. The molecule has 747 valence electrons. The maximum absolute atomic E-state index is 15.2. The molecule has 0 spiro atoms. The maximum atomic E-state index is 15.2. The molecule has 0 unspecified atom stereocenters. The van der Waals surface area contributed by atoms with Crippen LogP contribution in [0.3, 0.4) is 0 Å². The van der Waals surface area contributed by atoms with Crippen molar-refractivity contribution in [3.05, 3.63) is 120 Å². The minimum atomic E-state index is -3.71. The number of likely N-dealkylation sites (tertiary alicyclic amines) is 1. The van der Waals surface area contributed by atoms with Gasteiger partial charge in [0.2, 0.25) is 49.7 Å². The third-order valence-electron chi connectivity index (χ3n) is 22.4. The average Bonchev–Trinajstić information content (AvgIpc) is 0.761. The quantitative estimate of drug-likeness (QED) is 0.0192. The van der Waals surface area contributed by atoms with E-state index in [1.54, 1.807) is 42.5 Å². The molecular formula is C92H120BClF2N12NaO25S4. The second-order valence-electron chi connectivity index (χ2n) is 33.5. The van der Waals surface area contributed by atoms with Crippen LogP contribution in [0.15, 0.2) is 107 Å². The number of Topliss-reactive ketones (excluding diaryl/α,β-unsaturated/α-hetero) is 3. The van der Waals surface area contributed by atoms with E-state index in [4.69, 9.17) is 68.3 Å². The van der Waals surface area contributed by atoms with Gasteiger partial charge in [-0.25, -0.2) is 83.3 Å². The van der Waals surface area contributed by atoms with E-state index >= 15 is 4.39 Å². The van der Waals surface area contributed by atoms with Crippen molar-refractivity contribution >= 4 is 138 Å². The molecule has 138 heavy (non-hydrogen) atoms. The van der Waals surface area contributed by atoms with Crippen molar-refractivity contribution in [2.45, 2.75) is 216 Å². The monoisotopic (exact) mass is 2030 g/mol. The van der Waals surface area contributed by atoms with E-state index in [9.17, 15) is 66.8 Å². The number of nitrogens with one attached hydrogen (secondary N) is 3. The number of halogens is 3. The first kappa shape index (κ1) is 114. The predicted molar refractivity (Wildman–Crippen MR) is 510 cm³/mol. The molecule has 0 bridgehead atoms. The van der Waals surface area contributed by atoms with E-state index in [0.29, 0.717) is 203 Å². The normalized spacial score (nSPS) is 17.9. The number of aliphatic hydroxyl groups excluding tert-OH is 1. The van der Waals surface area contributed by atoms with E-state index < -0.39 is 68.8 Å². The third-order valence-corrected chi connectivity index (χ3v) is 26.3. The van der Waals surface area contributed by atoms with Gasteiger partial charge in [0.05, 0.1) is 98.8 Å². The van der Waals surface area contributed by atoms with Crippen LogP contribution in [0.25, 0.3) is 44.3 Å². The minimum absolute atomic E-state index is 0. The average molecular weight is 2030 g/mol. The van der Waals surface area contributed by atoms with E-state index in [-0.39, 0.29) is 104 Å². The number of aliphatic hydroxyl groups is 1. The summed E-state index contributed by atoms with van der Waals surface area (Å²) in [5.74, 6) is -0.391. The summed E-state index contributed by atoms with van der Waals surface area (Å²) < 4.78 is 172. The molecule has 4 saturated carbocycles. The number of sulfonamides is 2. The number of anilines is 4. The molecule has 0 atom stereocenters. The van der Waals surface area contributed by atoms with Crippen molar-refractivity contribution in [1.29, 1.82) is 0 Å². The van der Waals surface area contributed by atoms with Gasteiger partial charge in [0, 0.05) is 149 Å². The first-order valence-electron chi connectivity index (χ1n) is 45.1. The predicted octanol–water partition coefficient (Wildman–Crippen LogP) is 9.21. The largest absolute Gasteiger partial charge is 1.00 e. The molecule has 4 aliphatic carbocycles. The third kappa shape index (κ3) is 38.1. The van der Waals surface area contributed by atoms with Crippen molar-refractivity contribution < 1.29 is 153 Å². The first-order valence-corrected chi connectivity index (χ1v) is 52.6. The van der Waals surface area contributed by atoms with Crippen molar-refractivity contribution in [1.82, 2.24) is 40.1 Å². The van der Waals surface area contributed by atoms with Crippen LogP contribution in [-0.2, 0) is 96.1 Å². The summed E-state index contributed by atoms with van der Waals surface area (Å²) in [7, 11) is -2.33. The van der Waals surface area contributed by atoms with Crippen molar-refractivity contribution in [3.8, 4) is 45.8 Å². The van der Waals surface area contributed by atoms with Gasteiger partial charge in [-0.2, -0.15) is 8.42 Å². The number of carbonyl (C=O) groups is 6. The van der Waals surface area contributed by atoms with Crippen molar-refractivity contribution in [2.75, 3.05) is 125 Å². The van der Waals surface area contributed by atoms with Gasteiger partial charge in [0.15, 0.2) is 0 Å². The SMILES string of the molecule is C1CCNCC1.CC(=O)OOC(C)=O.COc1ncc(-c2nc(N3CCOCC3)nc3c(OC4CCC(=O)CC4)cc(F)cc23)cc1NS(C)(=O)=O.COc1ncc(-c2nc(N3CCOCC3)nc3c(OC4CCC(N5CCCCC5)CC4)cc(F)cc23)cc1NS(C)(=O)=O.Cc1ccc(S(=O)(=O)Cl)cc1.Cc1ccc(S(=O)(=O)OC2CCC(=O)CC2)cc1.O=C1CCC(O)CC1.[B-]OC(C)=O.[Na+]. The Bertz CT molecular complexity index is 5840. The fourth-order valence-corrected chi connectivity index (χ4v) is 18.5. The molecule has 8 aromatic rings. The fraction of sp³-hybridized carbons (Fsp3) is 0.522. The van der Waals surface area contributed by atoms with E-state index in [1.165, 1.54) is 141 Å². The molecule has 4 N–H and O–H groups in total. The molecule has 3 radical (unpaired) electrons. The summed E-state index contributed by atoms with van der Waals surface area (Å²) >= 11 is 0. The van der Waals surface area contributed by atoms with Gasteiger partial charge in [0.1, 0.15) is 62.9 Å². The Kier molecular flexibility index (Phi) is 45.8. The number of hydrogen-bond donors (Lipinski definition) is 4. The molecule has 4 saturated heterocycles. The number of methoxy groups -OCH3 is 2. The molecule has 46 heteroatoms. The van der Waals surface area contributed by atoms with Crippen LogP contribution in [0.4, 0.5) is 32.1 Å². The van der Waals surface area contributed by atoms with Gasteiger partial charge in [-0.05, 0) is 178 Å². The molecule has 4 aromatic heterocycles. The zero-order valence-electron chi connectivity index (χ0n) is 79.3. The van der Waals surface area contributed by atoms with E-state index in [0.717, 1.165) is 63.2 Å². The van der Waals surface area contributed by atoms with E-state index in [2.05, 4.69) is 52.1 Å². The van der Waals surface area contributed by atoms with Crippen LogP contribution in [-0.4, -0.2) is 253 Å². The van der Waals surface area contributed by atoms with Gasteiger partial charge in [-0.3, -0.25) is 32.8 Å². The van der Waals surface area contributed by atoms with Gasteiger partial charge in [0.25, 0.3) is 19.2 Å². The molecule has 16 rings (SSSR count). The number of ether oxygens (including phenoxy) is 6. The van der Waals surface area contributed by atoms with Crippen LogP contribution < -0.4 is 73.1 Å². The van der Waals surface area contributed by atoms with Crippen LogP contribution >= 0.6 is 10.7 Å². The van der Waals surface area contributed by atoms with Crippen molar-refractivity contribution in [2.24, 2.45) is 0 Å². The molecular weight excluding hydrogens is 1910 g/mol. The zero-order chi connectivity index (χ0) is 99.6. The zero-order valence-corrected chi connectivity index (χ0v) is 85.3. The Labute approximate surface area is 832 Å². The van der Waals surface area contributed by atoms with Crippen LogP contribution in [0.1, 0.15) is 173 Å². The number of hydrogen-bond acceptors (Lipinski definition) is 35. The molecule has 37 nitrogen and oxygen atoms in total. The Morgan fingerprint density at radius 2 is 0.884 bits per heavy atom. The van der Waals surface area contributed by atoms with Gasteiger partial charge < -0.3 is 66.2 Å². The van der Waals surface area contributed by atoms with Crippen LogP contribution in [0, 0.1) is 25.5 Å². The molecule has 4 aliphatic heterocycles. The Hall–Kier alpha value is -9.55. The Morgan fingerprint density at radius 3 is 1.23 bits per heavy atom. The number of ketones is 3. The summed E-state index contributed by atoms with van der Waals surface area (Å²) in [6.07, 6.45) is 22.5. The van der Waals surface area contributed by atoms with Gasteiger partial charge >= 0.3 is 41.5 Å². The van der Waals surface area contributed by atoms with Crippen molar-refractivity contribution in [3.63, 3.8) is 0 Å². The topological polar surface area (TPSA) is 475 Å². The summed E-state index contributed by atoms with van der Waals surface area (Å²) in [4.78, 5) is 105. The number of rotatable bonds is 19. The molecule has 8 fully saturated rings. The summed E-state index contributed by atoms with van der Waals surface area (Å²) in [6.45, 7) is 16.6. The van der Waals surface area contributed by atoms with Gasteiger partial charge in [-0.1, -0.05) is 48.2 Å². The first-order chi connectivity index (χ1) is 65.1. The standard InChI is InChI=1S/C30H39FN6O5S.C25H28FN5O6S.C13H16O4S.C7H7ClO2S.C6H10O2.C5H11N.C4H6O4.C2H3BO2.Na/c1-40-29-25(35-43(2,38)39)16-20(19-32-29)27-24-17-21(31)18-26(28(24)34-30(33-27)37-12-14-41-15-13-37)42-23-8-6-22(7-9-23)36-10-4-3-5-11-36;1-35-24-20(30-38(2,33)34)11-15(14-27-24)22-19-12-16(26)13-21(37-18-5-3-17(32)4-6-18)23(19)29-25(28-22)31-7-9-36-10-8-31;1-10-2-8-13(9-3-10)18(15,16)17-12-6-4-11(14)5-7-12;1-6-2-4-7(5-3-6)11(8,9)10;7-5-1-2-6(8)4-3-5;1-2-4-6-5-3-1;1-3(5)7-8-4(2)6;1-2(4)5-3;/h16-19,22-23,35H,3-15H2,1-2H3;11-14,18,30H,3-10H2,1-2H3;2-3,8-9,12H,4-7H2,1H3;2-5H,1H3;5,7H,1-4H2;6H,1-5H2;1-2H3;1H3;/q;;;;;;;-1;+1. The number of carbonyl (C=O) groups excluding carboxylic acids is 6. The summed E-state index contributed by atoms with van der Waals surface area (Å²) in [5.41, 5.74) is 4.86. The number of piperidine rings is 2. The van der Waals surface area contributed by atoms with Crippen LogP contribution in [0.2, 0.25) is 0 Å². The fourth-order valence-electron chi connectivity index (χ4n) is 15.5. The molecule has 8 aliphatic rings. The number of pyridine rings is 2. The number of benzene rings is 4. The molecule has 8 heterocycles. The summed E-state index contributed by atoms with van der Waals surface area (Å²) in [5, 5.41) is 13.0. The summed E-state index contributed by atoms with van der Waals surface area (Å²) in [6, 6.07) is 22.0. The number of aromatic nitrogens is 6. The molecule has 0 amide bonds. The number of morpholine rings is 2. The smallest absolute Gasteiger partial charge is 0.793 e. The van der Waals surface area contributed by atoms with Crippen LogP contribution in [0.5, 0.6) is 23.3 Å². The van der Waals surface area contributed by atoms with Gasteiger partial charge in [-0.15, -0.1) is 0 Å². The Balaban J connectivity index is 0.000000219. The second-order valence-corrected chi connectivity index (χ2v) is 41.2. The number of fused-ring (bicyclic) bond motifs is 2.